The third-order valence-electron chi connectivity index (χ3n) is 4.94. The molecule has 6 nitrogen and oxygen atoms in total. The van der Waals surface area contributed by atoms with E-state index in [4.69, 9.17) is 9.47 Å². The Labute approximate surface area is 177 Å². The van der Waals surface area contributed by atoms with Crippen LogP contribution in [0.4, 0.5) is 4.79 Å². The van der Waals surface area contributed by atoms with Crippen molar-refractivity contribution in [1.82, 2.24) is 10.3 Å². The van der Waals surface area contributed by atoms with Crippen LogP contribution < -0.4 is 20.3 Å². The van der Waals surface area contributed by atoms with Crippen molar-refractivity contribution in [3.63, 3.8) is 0 Å². The Balaban J connectivity index is 1.94. The molecule has 0 aliphatic heterocycles. The molecule has 4 aromatic rings. The van der Waals surface area contributed by atoms with E-state index in [0.29, 0.717) is 23.4 Å². The van der Waals surface area contributed by atoms with Crippen molar-refractivity contribution >= 4 is 38.4 Å². The van der Waals surface area contributed by atoms with E-state index < -0.39 is 6.09 Å². The highest BCUT2D eigenvalue weighted by Gasteiger charge is 2.19. The summed E-state index contributed by atoms with van der Waals surface area (Å²) in [6.45, 7) is 4.48. The summed E-state index contributed by atoms with van der Waals surface area (Å²) in [7, 11) is 1.62. The molecular weight excluding hydrogens is 400 g/mol. The molecule has 0 spiro atoms. The van der Waals surface area contributed by atoms with E-state index in [1.54, 1.807) is 13.2 Å². The van der Waals surface area contributed by atoms with E-state index in [9.17, 15) is 9.59 Å². The first-order valence-electron chi connectivity index (χ1n) is 9.70. The van der Waals surface area contributed by atoms with Gasteiger partial charge in [-0.2, -0.15) is 0 Å². The van der Waals surface area contributed by atoms with Gasteiger partial charge in [-0.1, -0.05) is 19.1 Å². The Morgan fingerprint density at radius 2 is 2.07 bits per heavy atom. The Hall–Kier alpha value is -3.32. The molecule has 0 aliphatic rings. The fraction of sp³-hybridized carbons (Fsp3) is 0.217. The highest BCUT2D eigenvalue weighted by Crippen LogP contribution is 2.42. The number of amides is 1. The molecule has 4 rings (SSSR count). The van der Waals surface area contributed by atoms with E-state index in [1.165, 1.54) is 11.3 Å². The van der Waals surface area contributed by atoms with Crippen molar-refractivity contribution in [2.75, 3.05) is 13.7 Å². The number of hydrogen-bond acceptors (Lipinski definition) is 5. The SMILES string of the molecule is CCCNC(=O)Oc1cccc(-c2c(OC)cc(C)c3[nH]c(=O)c4ccsc4c23)c1. The predicted molar refractivity (Wildman–Crippen MR) is 121 cm³/mol. The first kappa shape index (κ1) is 20.0. The van der Waals surface area contributed by atoms with Gasteiger partial charge in [-0.15, -0.1) is 11.3 Å². The van der Waals surface area contributed by atoms with Gasteiger partial charge in [-0.3, -0.25) is 4.79 Å². The number of hydrogen-bond donors (Lipinski definition) is 2. The minimum absolute atomic E-state index is 0.109. The molecule has 2 N–H and O–H groups in total. The molecule has 0 saturated carbocycles. The lowest BCUT2D eigenvalue weighted by Gasteiger charge is -2.16. The summed E-state index contributed by atoms with van der Waals surface area (Å²) in [5.41, 5.74) is 3.27. The monoisotopic (exact) mass is 422 g/mol. The van der Waals surface area contributed by atoms with Crippen molar-refractivity contribution in [3.8, 4) is 22.6 Å². The van der Waals surface area contributed by atoms with Crippen LogP contribution in [0.5, 0.6) is 11.5 Å². The Kier molecular flexibility index (Phi) is 5.46. The van der Waals surface area contributed by atoms with E-state index in [1.807, 2.05) is 49.6 Å². The number of thiophene rings is 1. The molecule has 0 aliphatic carbocycles. The van der Waals surface area contributed by atoms with Gasteiger partial charge in [0.2, 0.25) is 0 Å². The Morgan fingerprint density at radius 1 is 1.23 bits per heavy atom. The number of rotatable bonds is 5. The molecule has 0 atom stereocenters. The molecule has 0 radical (unpaired) electrons. The number of H-pyrrole nitrogens is 1. The number of carbonyl (C=O) groups excluding carboxylic acids is 1. The molecule has 0 saturated heterocycles. The number of methoxy groups -OCH3 is 1. The van der Waals surface area contributed by atoms with Crippen molar-refractivity contribution in [3.05, 3.63) is 57.7 Å². The van der Waals surface area contributed by atoms with Crippen LogP contribution in [0.3, 0.4) is 0 Å². The van der Waals surface area contributed by atoms with Crippen LogP contribution in [0.1, 0.15) is 18.9 Å². The summed E-state index contributed by atoms with van der Waals surface area (Å²) < 4.78 is 12.0. The fourth-order valence-corrected chi connectivity index (χ4v) is 4.52. The van der Waals surface area contributed by atoms with E-state index in [0.717, 1.165) is 38.7 Å². The number of aromatic nitrogens is 1. The number of aryl methyl sites for hydroxylation is 1. The summed E-state index contributed by atoms with van der Waals surface area (Å²) in [4.78, 5) is 27.5. The van der Waals surface area contributed by atoms with Gasteiger partial charge < -0.3 is 19.8 Å². The van der Waals surface area contributed by atoms with Gasteiger partial charge in [-0.05, 0) is 54.1 Å². The molecule has 1 amide bonds. The number of benzene rings is 2. The molecular formula is C23H22N2O4S. The van der Waals surface area contributed by atoms with Gasteiger partial charge in [0.05, 0.1) is 18.0 Å². The second kappa shape index (κ2) is 8.20. The lowest BCUT2D eigenvalue weighted by molar-refractivity contribution is 0.200. The normalized spacial score (nSPS) is 11.0. The van der Waals surface area contributed by atoms with Crippen molar-refractivity contribution in [2.24, 2.45) is 0 Å². The lowest BCUT2D eigenvalue weighted by atomic mass is 9.96. The number of ether oxygens (including phenoxy) is 2. The van der Waals surface area contributed by atoms with Crippen LogP contribution in [-0.2, 0) is 0 Å². The molecule has 7 heteroatoms. The number of pyridine rings is 1. The largest absolute Gasteiger partial charge is 0.496 e. The summed E-state index contributed by atoms with van der Waals surface area (Å²) in [6.07, 6.45) is 0.344. The summed E-state index contributed by atoms with van der Waals surface area (Å²) >= 11 is 1.52. The van der Waals surface area contributed by atoms with Gasteiger partial charge in [-0.25, -0.2) is 4.79 Å². The maximum atomic E-state index is 12.5. The molecule has 2 aromatic carbocycles. The molecule has 2 aromatic heterocycles. The maximum absolute atomic E-state index is 12.5. The summed E-state index contributed by atoms with van der Waals surface area (Å²) in [5.74, 6) is 1.12. The van der Waals surface area contributed by atoms with E-state index in [-0.39, 0.29) is 5.56 Å². The fourth-order valence-electron chi connectivity index (χ4n) is 3.57. The lowest BCUT2D eigenvalue weighted by Crippen LogP contribution is -2.27. The molecule has 154 valence electrons. The highest BCUT2D eigenvalue weighted by molar-refractivity contribution is 7.18. The van der Waals surface area contributed by atoms with Crippen LogP contribution in [-0.4, -0.2) is 24.7 Å². The molecule has 0 unspecified atom stereocenters. The second-order valence-corrected chi connectivity index (χ2v) is 7.90. The minimum Gasteiger partial charge on any atom is -0.496 e. The average Bonchev–Trinajstić information content (AvgIpc) is 3.23. The smallest absolute Gasteiger partial charge is 0.412 e. The molecule has 0 bridgehead atoms. The van der Waals surface area contributed by atoms with Crippen molar-refractivity contribution in [1.29, 1.82) is 0 Å². The van der Waals surface area contributed by atoms with Crippen LogP contribution >= 0.6 is 11.3 Å². The number of fused-ring (bicyclic) bond motifs is 3. The van der Waals surface area contributed by atoms with Crippen molar-refractivity contribution < 1.29 is 14.3 Å². The van der Waals surface area contributed by atoms with Gasteiger partial charge in [0.25, 0.3) is 5.56 Å². The van der Waals surface area contributed by atoms with Crippen LogP contribution in [0, 0.1) is 6.92 Å². The zero-order chi connectivity index (χ0) is 21.3. The quantitative estimate of drug-likeness (QED) is 0.462. The number of carbonyl (C=O) groups is 1. The zero-order valence-electron chi connectivity index (χ0n) is 17.0. The van der Waals surface area contributed by atoms with Crippen LogP contribution in [0.15, 0.2) is 46.6 Å². The van der Waals surface area contributed by atoms with Gasteiger partial charge in [0, 0.05) is 22.2 Å². The zero-order valence-corrected chi connectivity index (χ0v) is 17.8. The predicted octanol–water partition coefficient (Wildman–Crippen LogP) is 5.23. The topological polar surface area (TPSA) is 80.4 Å². The van der Waals surface area contributed by atoms with E-state index >= 15 is 0 Å². The molecule has 2 heterocycles. The minimum atomic E-state index is -0.486. The van der Waals surface area contributed by atoms with E-state index in [2.05, 4.69) is 10.3 Å². The first-order chi connectivity index (χ1) is 14.5. The second-order valence-electron chi connectivity index (χ2n) is 6.98. The maximum Gasteiger partial charge on any atom is 0.412 e. The van der Waals surface area contributed by atoms with Crippen LogP contribution in [0.2, 0.25) is 0 Å². The van der Waals surface area contributed by atoms with Gasteiger partial charge >= 0.3 is 6.09 Å². The Morgan fingerprint density at radius 3 is 2.83 bits per heavy atom. The third kappa shape index (κ3) is 3.52. The molecule has 30 heavy (non-hydrogen) atoms. The molecule has 0 fully saturated rings. The summed E-state index contributed by atoms with van der Waals surface area (Å²) in [6, 6.07) is 11.1. The van der Waals surface area contributed by atoms with Crippen LogP contribution in [0.25, 0.3) is 32.1 Å². The van der Waals surface area contributed by atoms with Gasteiger partial charge in [0.1, 0.15) is 11.5 Å². The first-order valence-corrected chi connectivity index (χ1v) is 10.6. The number of nitrogens with one attached hydrogen (secondary N) is 2. The third-order valence-corrected chi connectivity index (χ3v) is 5.87. The van der Waals surface area contributed by atoms with Crippen molar-refractivity contribution in [2.45, 2.75) is 20.3 Å². The standard InChI is InChI=1S/C23H22N2O4S/c1-4-9-24-23(27)29-15-7-5-6-14(12-15)18-17(28-3)11-13(2)20-19(18)21-16(8-10-30-21)22(26)25-20/h5-8,10-12H,4,9H2,1-3H3,(H,24,27)(H,25,26). The van der Waals surface area contributed by atoms with Gasteiger partial charge in [0.15, 0.2) is 0 Å². The Bertz CT molecular complexity index is 1310. The number of aromatic amines is 1. The summed E-state index contributed by atoms with van der Waals surface area (Å²) in [5, 5.41) is 6.18. The highest BCUT2D eigenvalue weighted by atomic mass is 32.1. The average molecular weight is 423 g/mol.